The molecule has 1 aromatic rings. The molecule has 0 aliphatic heterocycles. The van der Waals surface area contributed by atoms with Crippen LogP contribution in [0.1, 0.15) is 66.9 Å². The van der Waals surface area contributed by atoms with E-state index >= 15 is 0 Å². The summed E-state index contributed by atoms with van der Waals surface area (Å²) in [4.78, 5) is 23.1. The van der Waals surface area contributed by atoms with Gasteiger partial charge in [-0.1, -0.05) is 44.7 Å². The quantitative estimate of drug-likeness (QED) is 0.376. The third-order valence-corrected chi connectivity index (χ3v) is 4.30. The van der Waals surface area contributed by atoms with E-state index in [-0.39, 0.29) is 35.3 Å². The van der Waals surface area contributed by atoms with Gasteiger partial charge in [0.15, 0.2) is 5.78 Å². The largest absolute Gasteiger partial charge is 1.00 e. The monoisotopic (exact) mass is 310 g/mol. The molecule has 2 rings (SSSR count). The van der Waals surface area contributed by atoms with Crippen molar-refractivity contribution in [3.8, 4) is 0 Å². The standard InChI is InChI=1S/C18H24O3.Na/c1-2-3-4-5-6-7-17(19)14-9-8-13-10-16(18(20)21)12-15(13)11-14;/h8-9,11,16H,2-7,10,12H2,1H3,(H,20,21);/q;+1/p-1. The number of benzene rings is 1. The van der Waals surface area contributed by atoms with E-state index in [1.54, 1.807) is 0 Å². The average Bonchev–Trinajstić information content (AvgIpc) is 2.90. The fourth-order valence-electron chi connectivity index (χ4n) is 2.99. The van der Waals surface area contributed by atoms with Crippen LogP contribution >= 0.6 is 0 Å². The third-order valence-electron chi connectivity index (χ3n) is 4.30. The molecule has 3 nitrogen and oxygen atoms in total. The molecule has 0 amide bonds. The van der Waals surface area contributed by atoms with Crippen LogP contribution in [0.15, 0.2) is 18.2 Å². The molecular weight excluding hydrogens is 287 g/mol. The molecule has 0 fully saturated rings. The van der Waals surface area contributed by atoms with Crippen LogP contribution in [0.5, 0.6) is 0 Å². The van der Waals surface area contributed by atoms with Gasteiger partial charge in [-0.2, -0.15) is 0 Å². The van der Waals surface area contributed by atoms with E-state index in [0.29, 0.717) is 19.3 Å². The van der Waals surface area contributed by atoms with Crippen molar-refractivity contribution in [1.29, 1.82) is 0 Å². The zero-order valence-corrected chi connectivity index (χ0v) is 15.7. The predicted octanol–water partition coefficient (Wildman–Crippen LogP) is -0.301. The maximum Gasteiger partial charge on any atom is 1.00 e. The Morgan fingerprint density at radius 1 is 1.09 bits per heavy atom. The number of hydrogen-bond donors (Lipinski definition) is 0. The van der Waals surface area contributed by atoms with E-state index in [9.17, 15) is 14.7 Å². The Labute approximate surface area is 154 Å². The summed E-state index contributed by atoms with van der Waals surface area (Å²) >= 11 is 0. The van der Waals surface area contributed by atoms with Crippen LogP contribution in [-0.4, -0.2) is 11.8 Å². The van der Waals surface area contributed by atoms with Gasteiger partial charge in [-0.15, -0.1) is 0 Å². The van der Waals surface area contributed by atoms with Crippen molar-refractivity contribution in [3.05, 3.63) is 34.9 Å². The number of carbonyl (C=O) groups is 2. The average molecular weight is 310 g/mol. The van der Waals surface area contributed by atoms with E-state index in [2.05, 4.69) is 6.92 Å². The van der Waals surface area contributed by atoms with E-state index < -0.39 is 11.9 Å². The van der Waals surface area contributed by atoms with Crippen molar-refractivity contribution in [3.63, 3.8) is 0 Å². The molecule has 0 saturated heterocycles. The Morgan fingerprint density at radius 2 is 1.77 bits per heavy atom. The predicted molar refractivity (Wildman–Crippen MR) is 80.1 cm³/mol. The fourth-order valence-corrected chi connectivity index (χ4v) is 2.99. The molecule has 1 aliphatic carbocycles. The van der Waals surface area contributed by atoms with Crippen LogP contribution in [-0.2, 0) is 17.6 Å². The van der Waals surface area contributed by atoms with Crippen molar-refractivity contribution in [2.24, 2.45) is 5.92 Å². The number of hydrogen-bond acceptors (Lipinski definition) is 3. The van der Waals surface area contributed by atoms with Gasteiger partial charge in [-0.05, 0) is 36.5 Å². The second kappa shape index (κ2) is 9.49. The third kappa shape index (κ3) is 5.22. The molecule has 0 radical (unpaired) electrons. The molecule has 1 unspecified atom stereocenters. The van der Waals surface area contributed by atoms with Gasteiger partial charge in [-0.3, -0.25) is 4.79 Å². The van der Waals surface area contributed by atoms with Crippen molar-refractivity contribution < 1.29 is 44.3 Å². The number of Topliss-reactive ketones (excluding diaryl/α,β-unsaturated/α-hetero) is 1. The first-order chi connectivity index (χ1) is 10.1. The number of carboxylic acid groups (broad SMARTS) is 1. The first-order valence-electron chi connectivity index (χ1n) is 7.97. The van der Waals surface area contributed by atoms with Crippen molar-refractivity contribution in [2.75, 3.05) is 0 Å². The Balaban J connectivity index is 0.00000242. The normalized spacial score (nSPS) is 16.0. The first kappa shape index (κ1) is 19.4. The van der Waals surface area contributed by atoms with Crippen molar-refractivity contribution in [2.45, 2.75) is 58.3 Å². The number of aliphatic carboxylic acids is 1. The van der Waals surface area contributed by atoms with Crippen LogP contribution in [0, 0.1) is 5.92 Å². The smallest absolute Gasteiger partial charge is 0.550 e. The van der Waals surface area contributed by atoms with Crippen molar-refractivity contribution >= 4 is 11.8 Å². The molecule has 1 atom stereocenters. The number of unbranched alkanes of at least 4 members (excludes halogenated alkanes) is 4. The summed E-state index contributed by atoms with van der Waals surface area (Å²) in [5.74, 6) is -1.25. The summed E-state index contributed by atoms with van der Waals surface area (Å²) in [6, 6.07) is 5.63. The number of rotatable bonds is 8. The van der Waals surface area contributed by atoms with E-state index in [1.807, 2.05) is 18.2 Å². The summed E-state index contributed by atoms with van der Waals surface area (Å²) in [5, 5.41) is 10.9. The molecule has 114 valence electrons. The Morgan fingerprint density at radius 3 is 2.45 bits per heavy atom. The minimum absolute atomic E-state index is 0. The molecule has 4 heteroatoms. The summed E-state index contributed by atoms with van der Waals surface area (Å²) in [5.41, 5.74) is 2.77. The van der Waals surface area contributed by atoms with Crippen LogP contribution in [0.25, 0.3) is 0 Å². The molecule has 1 aliphatic rings. The minimum atomic E-state index is -0.991. The molecule has 0 N–H and O–H groups in total. The number of ketones is 1. The van der Waals surface area contributed by atoms with Gasteiger partial charge >= 0.3 is 29.6 Å². The van der Waals surface area contributed by atoms with E-state index in [0.717, 1.165) is 29.5 Å². The second-order valence-corrected chi connectivity index (χ2v) is 6.00. The van der Waals surface area contributed by atoms with Gasteiger partial charge < -0.3 is 9.90 Å². The molecule has 0 aromatic heterocycles. The van der Waals surface area contributed by atoms with Gasteiger partial charge in [0.2, 0.25) is 0 Å². The summed E-state index contributed by atoms with van der Waals surface area (Å²) < 4.78 is 0. The topological polar surface area (TPSA) is 57.2 Å². The molecule has 0 heterocycles. The summed E-state index contributed by atoms with van der Waals surface area (Å²) in [7, 11) is 0. The van der Waals surface area contributed by atoms with Gasteiger partial charge in [0.1, 0.15) is 0 Å². The Hall–Kier alpha value is -0.640. The fraction of sp³-hybridized carbons (Fsp3) is 0.556. The zero-order valence-electron chi connectivity index (χ0n) is 13.7. The van der Waals surface area contributed by atoms with E-state index in [4.69, 9.17) is 0 Å². The molecule has 1 aromatic carbocycles. The maximum absolute atomic E-state index is 12.2. The van der Waals surface area contributed by atoms with Crippen molar-refractivity contribution in [1.82, 2.24) is 0 Å². The number of carboxylic acids is 1. The molecule has 0 spiro atoms. The number of fused-ring (bicyclic) bond motifs is 1. The molecular formula is C18H23NaO3. The molecule has 0 bridgehead atoms. The van der Waals surface area contributed by atoms with Crippen LogP contribution in [0.4, 0.5) is 0 Å². The molecule has 22 heavy (non-hydrogen) atoms. The summed E-state index contributed by atoms with van der Waals surface area (Å²) in [6.45, 7) is 2.18. The van der Waals surface area contributed by atoms with Crippen LogP contribution in [0.3, 0.4) is 0 Å². The van der Waals surface area contributed by atoms with Gasteiger partial charge in [0.05, 0.1) is 0 Å². The Bertz CT molecular complexity index is 525. The first-order valence-corrected chi connectivity index (χ1v) is 7.97. The minimum Gasteiger partial charge on any atom is -0.550 e. The Kier molecular flexibility index (Phi) is 8.37. The van der Waals surface area contributed by atoms with Crippen LogP contribution in [0.2, 0.25) is 0 Å². The SMILES string of the molecule is CCCCCCCC(=O)c1ccc2c(c1)CC(C(=O)[O-])C2.[Na+]. The molecule has 0 saturated carbocycles. The van der Waals surface area contributed by atoms with Gasteiger partial charge in [0.25, 0.3) is 0 Å². The van der Waals surface area contributed by atoms with Crippen LogP contribution < -0.4 is 34.7 Å². The van der Waals surface area contributed by atoms with Gasteiger partial charge in [-0.25, -0.2) is 0 Å². The number of carbonyl (C=O) groups excluding carboxylic acids is 2. The van der Waals surface area contributed by atoms with E-state index in [1.165, 1.54) is 19.3 Å². The second-order valence-electron chi connectivity index (χ2n) is 6.00. The maximum atomic E-state index is 12.2. The van der Waals surface area contributed by atoms with Gasteiger partial charge in [0, 0.05) is 23.9 Å². The zero-order chi connectivity index (χ0) is 15.2. The summed E-state index contributed by atoms with van der Waals surface area (Å²) in [6.07, 6.45) is 7.30.